The second kappa shape index (κ2) is 5.37. The SMILES string of the molecule is N[C@@H]1CCN(C(=O)CSc2ccccc2)C1. The molecule has 3 nitrogen and oxygen atoms in total. The highest BCUT2D eigenvalue weighted by atomic mass is 32.2. The fourth-order valence-corrected chi connectivity index (χ4v) is 2.59. The minimum Gasteiger partial charge on any atom is -0.340 e. The van der Waals surface area contributed by atoms with Gasteiger partial charge < -0.3 is 10.6 Å². The maximum absolute atomic E-state index is 11.8. The van der Waals surface area contributed by atoms with Gasteiger partial charge in [0, 0.05) is 24.0 Å². The van der Waals surface area contributed by atoms with E-state index in [1.54, 1.807) is 11.8 Å². The van der Waals surface area contributed by atoms with Crippen molar-refractivity contribution in [3.8, 4) is 0 Å². The topological polar surface area (TPSA) is 46.3 Å². The molecule has 0 radical (unpaired) electrons. The van der Waals surface area contributed by atoms with Gasteiger partial charge >= 0.3 is 0 Å². The monoisotopic (exact) mass is 236 g/mol. The van der Waals surface area contributed by atoms with E-state index in [9.17, 15) is 4.79 Å². The summed E-state index contributed by atoms with van der Waals surface area (Å²) in [5.74, 6) is 0.707. The Morgan fingerprint density at radius 3 is 2.81 bits per heavy atom. The van der Waals surface area contributed by atoms with E-state index in [0.29, 0.717) is 12.3 Å². The number of nitrogens with two attached hydrogens (primary N) is 1. The summed E-state index contributed by atoms with van der Waals surface area (Å²) in [6.45, 7) is 1.53. The average molecular weight is 236 g/mol. The molecule has 1 atom stereocenters. The van der Waals surface area contributed by atoms with Crippen molar-refractivity contribution in [2.45, 2.75) is 17.4 Å². The van der Waals surface area contributed by atoms with Gasteiger partial charge in [0.2, 0.25) is 5.91 Å². The molecule has 0 bridgehead atoms. The van der Waals surface area contributed by atoms with Crippen LogP contribution in [0.5, 0.6) is 0 Å². The number of benzene rings is 1. The molecule has 4 heteroatoms. The van der Waals surface area contributed by atoms with Gasteiger partial charge in [0.05, 0.1) is 5.75 Å². The summed E-state index contributed by atoms with van der Waals surface area (Å²) < 4.78 is 0. The molecule has 1 aliphatic rings. The lowest BCUT2D eigenvalue weighted by Crippen LogP contribution is -2.33. The summed E-state index contributed by atoms with van der Waals surface area (Å²) in [5.41, 5.74) is 5.77. The molecule has 1 amide bonds. The van der Waals surface area contributed by atoms with Crippen LogP contribution >= 0.6 is 11.8 Å². The maximum atomic E-state index is 11.8. The van der Waals surface area contributed by atoms with Gasteiger partial charge in [0.25, 0.3) is 0 Å². The van der Waals surface area contributed by atoms with E-state index in [-0.39, 0.29) is 11.9 Å². The number of nitrogens with zero attached hydrogens (tertiary/aromatic N) is 1. The molecular formula is C12H16N2OS. The molecule has 1 saturated heterocycles. The van der Waals surface area contributed by atoms with Crippen LogP contribution in [0.2, 0.25) is 0 Å². The minimum atomic E-state index is 0.172. The van der Waals surface area contributed by atoms with Crippen LogP contribution in [-0.2, 0) is 4.79 Å². The molecule has 0 spiro atoms. The van der Waals surface area contributed by atoms with Crippen molar-refractivity contribution < 1.29 is 4.79 Å². The number of thioether (sulfide) groups is 1. The van der Waals surface area contributed by atoms with E-state index in [1.165, 1.54) is 0 Å². The molecule has 0 saturated carbocycles. The van der Waals surface area contributed by atoms with Crippen molar-refractivity contribution >= 4 is 17.7 Å². The van der Waals surface area contributed by atoms with Gasteiger partial charge in [-0.2, -0.15) is 0 Å². The first-order chi connectivity index (χ1) is 7.75. The lowest BCUT2D eigenvalue weighted by atomic mass is 10.3. The molecule has 0 unspecified atom stereocenters. The summed E-state index contributed by atoms with van der Waals surface area (Å²) in [6.07, 6.45) is 0.932. The Kier molecular flexibility index (Phi) is 3.85. The lowest BCUT2D eigenvalue weighted by Gasteiger charge is -2.15. The predicted molar refractivity (Wildman–Crippen MR) is 66.3 cm³/mol. The number of likely N-dealkylation sites (tertiary alicyclic amines) is 1. The van der Waals surface area contributed by atoms with E-state index >= 15 is 0 Å². The minimum absolute atomic E-state index is 0.172. The standard InChI is InChI=1S/C12H16N2OS/c13-10-6-7-14(8-10)12(15)9-16-11-4-2-1-3-5-11/h1-5,10H,6-9,13H2/t10-/m1/s1. The third-order valence-corrected chi connectivity index (χ3v) is 3.68. The van der Waals surface area contributed by atoms with Crippen molar-refractivity contribution in [1.29, 1.82) is 0 Å². The van der Waals surface area contributed by atoms with Crippen molar-refractivity contribution in [1.82, 2.24) is 4.90 Å². The van der Waals surface area contributed by atoms with E-state index in [4.69, 9.17) is 5.73 Å². The van der Waals surface area contributed by atoms with Crippen molar-refractivity contribution in [2.75, 3.05) is 18.8 Å². The first-order valence-corrected chi connectivity index (χ1v) is 6.45. The zero-order chi connectivity index (χ0) is 11.4. The zero-order valence-corrected chi connectivity index (χ0v) is 9.95. The third-order valence-electron chi connectivity index (χ3n) is 2.68. The van der Waals surface area contributed by atoms with Crippen molar-refractivity contribution in [2.24, 2.45) is 5.73 Å². The maximum Gasteiger partial charge on any atom is 0.232 e. The van der Waals surface area contributed by atoms with Gasteiger partial charge in [-0.15, -0.1) is 11.8 Å². The summed E-state index contributed by atoms with van der Waals surface area (Å²) in [4.78, 5) is 14.8. The van der Waals surface area contributed by atoms with Gasteiger partial charge in [0.1, 0.15) is 0 Å². The van der Waals surface area contributed by atoms with Gasteiger partial charge in [-0.1, -0.05) is 18.2 Å². The van der Waals surface area contributed by atoms with Crippen LogP contribution in [0.25, 0.3) is 0 Å². The molecule has 2 N–H and O–H groups in total. The predicted octanol–water partition coefficient (Wildman–Crippen LogP) is 1.34. The van der Waals surface area contributed by atoms with Crippen LogP contribution in [0.3, 0.4) is 0 Å². The fourth-order valence-electron chi connectivity index (χ4n) is 1.77. The highest BCUT2D eigenvalue weighted by Crippen LogP contribution is 2.18. The number of rotatable bonds is 3. The van der Waals surface area contributed by atoms with Crippen LogP contribution in [0.15, 0.2) is 35.2 Å². The van der Waals surface area contributed by atoms with Crippen LogP contribution in [0.4, 0.5) is 0 Å². The number of hydrogen-bond acceptors (Lipinski definition) is 3. The quantitative estimate of drug-likeness (QED) is 0.806. The van der Waals surface area contributed by atoms with E-state index in [0.717, 1.165) is 17.9 Å². The summed E-state index contributed by atoms with van der Waals surface area (Å²) in [5, 5.41) is 0. The number of hydrogen-bond donors (Lipinski definition) is 1. The highest BCUT2D eigenvalue weighted by molar-refractivity contribution is 8.00. The van der Waals surface area contributed by atoms with Crippen LogP contribution in [0, 0.1) is 0 Å². The molecular weight excluding hydrogens is 220 g/mol. The fraction of sp³-hybridized carbons (Fsp3) is 0.417. The Morgan fingerprint density at radius 2 is 2.19 bits per heavy atom. The largest absolute Gasteiger partial charge is 0.340 e. The first-order valence-electron chi connectivity index (χ1n) is 5.47. The highest BCUT2D eigenvalue weighted by Gasteiger charge is 2.23. The van der Waals surface area contributed by atoms with E-state index in [1.807, 2.05) is 35.2 Å². The molecule has 1 aliphatic heterocycles. The van der Waals surface area contributed by atoms with Crippen LogP contribution < -0.4 is 5.73 Å². The Morgan fingerprint density at radius 1 is 1.44 bits per heavy atom. The molecule has 1 aromatic carbocycles. The Hall–Kier alpha value is -1.00. The average Bonchev–Trinajstić information content (AvgIpc) is 2.74. The molecule has 2 rings (SSSR count). The zero-order valence-electron chi connectivity index (χ0n) is 9.13. The van der Waals surface area contributed by atoms with Crippen molar-refractivity contribution in [3.63, 3.8) is 0 Å². The van der Waals surface area contributed by atoms with Gasteiger partial charge in [-0.05, 0) is 18.6 Å². The Labute approximate surface area is 100.0 Å². The second-order valence-corrected chi connectivity index (χ2v) is 5.04. The number of carbonyl (C=O) groups excluding carboxylic acids is 1. The number of amides is 1. The number of carbonyl (C=O) groups is 1. The summed E-state index contributed by atoms with van der Waals surface area (Å²) in [6, 6.07) is 10.2. The summed E-state index contributed by atoms with van der Waals surface area (Å²) in [7, 11) is 0. The first kappa shape index (κ1) is 11.5. The van der Waals surface area contributed by atoms with Gasteiger partial charge in [0.15, 0.2) is 0 Å². The normalized spacial score (nSPS) is 20.1. The lowest BCUT2D eigenvalue weighted by molar-refractivity contribution is -0.127. The molecule has 16 heavy (non-hydrogen) atoms. The van der Waals surface area contributed by atoms with Gasteiger partial charge in [-0.25, -0.2) is 0 Å². The van der Waals surface area contributed by atoms with Crippen molar-refractivity contribution in [3.05, 3.63) is 30.3 Å². The van der Waals surface area contributed by atoms with E-state index < -0.39 is 0 Å². The molecule has 1 fully saturated rings. The molecule has 1 heterocycles. The molecule has 0 aliphatic carbocycles. The molecule has 86 valence electrons. The van der Waals surface area contributed by atoms with Crippen LogP contribution in [-0.4, -0.2) is 35.7 Å². The van der Waals surface area contributed by atoms with Gasteiger partial charge in [-0.3, -0.25) is 4.79 Å². The molecule has 0 aromatic heterocycles. The Bertz CT molecular complexity index is 355. The second-order valence-electron chi connectivity index (χ2n) is 3.99. The summed E-state index contributed by atoms with van der Waals surface area (Å²) >= 11 is 1.58. The third kappa shape index (κ3) is 3.00. The Balaban J connectivity index is 1.80. The molecule has 1 aromatic rings. The van der Waals surface area contributed by atoms with E-state index in [2.05, 4.69) is 0 Å². The smallest absolute Gasteiger partial charge is 0.232 e. The van der Waals surface area contributed by atoms with Crippen LogP contribution in [0.1, 0.15) is 6.42 Å².